The number of amides is 1. The van der Waals surface area contributed by atoms with E-state index < -0.39 is 0 Å². The zero-order chi connectivity index (χ0) is 12.8. The molecule has 0 aliphatic heterocycles. The van der Waals surface area contributed by atoms with Crippen LogP contribution in [0.1, 0.15) is 53.9 Å². The number of unbranched alkanes of at least 4 members (excludes halogenated alkanes) is 1. The molecule has 0 fully saturated rings. The number of carbonyl (C=O) groups excluding carboxylic acids is 1. The Kier molecular flexibility index (Phi) is 6.65. The molecule has 3 N–H and O–H groups in total. The lowest BCUT2D eigenvalue weighted by molar-refractivity contribution is -0.128. The highest BCUT2D eigenvalue weighted by atomic mass is 16.1. The lowest BCUT2D eigenvalue weighted by Crippen LogP contribution is -2.45. The van der Waals surface area contributed by atoms with E-state index in [4.69, 9.17) is 5.73 Å². The fraction of sp³-hybridized carbons (Fsp3) is 0.923. The topological polar surface area (TPSA) is 55.1 Å². The van der Waals surface area contributed by atoms with E-state index >= 15 is 0 Å². The van der Waals surface area contributed by atoms with E-state index in [1.165, 1.54) is 0 Å². The van der Waals surface area contributed by atoms with Gasteiger partial charge in [0.05, 0.1) is 0 Å². The summed E-state index contributed by atoms with van der Waals surface area (Å²) in [7, 11) is 0. The van der Waals surface area contributed by atoms with Gasteiger partial charge < -0.3 is 11.1 Å². The Hall–Kier alpha value is -0.570. The van der Waals surface area contributed by atoms with Crippen molar-refractivity contribution in [3.05, 3.63) is 0 Å². The number of carbonyl (C=O) groups is 1. The first-order valence-electron chi connectivity index (χ1n) is 6.33. The van der Waals surface area contributed by atoms with E-state index in [2.05, 4.69) is 33.0 Å². The maximum absolute atomic E-state index is 12.0. The second-order valence-electron chi connectivity index (χ2n) is 5.67. The standard InChI is InChI=1S/C13H28N2O/c1-6-7-8-11(9-14)15-12(16)10(2)13(3,4)5/h10-11H,6-9,14H2,1-5H3,(H,15,16). The Bertz CT molecular complexity index is 208. The molecule has 0 aromatic heterocycles. The van der Waals surface area contributed by atoms with Crippen molar-refractivity contribution in [2.45, 2.75) is 59.9 Å². The van der Waals surface area contributed by atoms with Gasteiger partial charge in [0, 0.05) is 18.5 Å². The zero-order valence-corrected chi connectivity index (χ0v) is 11.5. The lowest BCUT2D eigenvalue weighted by Gasteiger charge is -2.28. The first-order valence-corrected chi connectivity index (χ1v) is 6.33. The SMILES string of the molecule is CCCCC(CN)NC(=O)C(C)C(C)(C)C. The number of hydrogen-bond donors (Lipinski definition) is 2. The molecule has 0 spiro atoms. The first-order chi connectivity index (χ1) is 7.32. The van der Waals surface area contributed by atoms with Crippen LogP contribution in [-0.4, -0.2) is 18.5 Å². The number of nitrogens with two attached hydrogens (primary N) is 1. The molecule has 16 heavy (non-hydrogen) atoms. The van der Waals surface area contributed by atoms with E-state index in [9.17, 15) is 4.79 Å². The number of rotatable bonds is 6. The molecule has 96 valence electrons. The summed E-state index contributed by atoms with van der Waals surface area (Å²) in [5, 5.41) is 3.04. The van der Waals surface area contributed by atoms with Gasteiger partial charge in [-0.05, 0) is 11.8 Å². The molecule has 0 rings (SSSR count). The molecule has 3 nitrogen and oxygen atoms in total. The molecule has 0 aromatic rings. The molecule has 0 aliphatic carbocycles. The van der Waals surface area contributed by atoms with Crippen LogP contribution in [-0.2, 0) is 4.79 Å². The second kappa shape index (κ2) is 6.89. The van der Waals surface area contributed by atoms with Gasteiger partial charge >= 0.3 is 0 Å². The molecule has 2 unspecified atom stereocenters. The van der Waals surface area contributed by atoms with Gasteiger partial charge in [-0.1, -0.05) is 47.5 Å². The fourth-order valence-electron chi connectivity index (χ4n) is 1.42. The third-order valence-corrected chi connectivity index (χ3v) is 3.23. The van der Waals surface area contributed by atoms with Crippen LogP contribution >= 0.6 is 0 Å². The van der Waals surface area contributed by atoms with Crippen molar-refractivity contribution in [3.8, 4) is 0 Å². The summed E-state index contributed by atoms with van der Waals surface area (Å²) < 4.78 is 0. The molecule has 3 heteroatoms. The van der Waals surface area contributed by atoms with Crippen molar-refractivity contribution in [3.63, 3.8) is 0 Å². The highest BCUT2D eigenvalue weighted by molar-refractivity contribution is 5.79. The molecule has 0 saturated carbocycles. The normalized spacial score (nSPS) is 15.6. The molecular weight excluding hydrogens is 200 g/mol. The summed E-state index contributed by atoms with van der Waals surface area (Å²) in [6.45, 7) is 10.9. The average molecular weight is 228 g/mol. The summed E-state index contributed by atoms with van der Waals surface area (Å²) >= 11 is 0. The second-order valence-corrected chi connectivity index (χ2v) is 5.67. The number of hydrogen-bond acceptors (Lipinski definition) is 2. The van der Waals surface area contributed by atoms with Crippen molar-refractivity contribution >= 4 is 5.91 Å². The molecule has 0 radical (unpaired) electrons. The van der Waals surface area contributed by atoms with Crippen molar-refractivity contribution < 1.29 is 4.79 Å². The summed E-state index contributed by atoms with van der Waals surface area (Å²) in [5.41, 5.74) is 5.66. The first kappa shape index (κ1) is 15.4. The summed E-state index contributed by atoms with van der Waals surface area (Å²) in [5.74, 6) is 0.141. The van der Waals surface area contributed by atoms with E-state index in [0.29, 0.717) is 6.54 Å². The van der Waals surface area contributed by atoms with Crippen LogP contribution in [0.3, 0.4) is 0 Å². The molecular formula is C13H28N2O. The number of nitrogens with one attached hydrogen (secondary N) is 1. The highest BCUT2D eigenvalue weighted by Crippen LogP contribution is 2.25. The Balaban J connectivity index is 4.19. The largest absolute Gasteiger partial charge is 0.352 e. The van der Waals surface area contributed by atoms with Gasteiger partial charge in [0.15, 0.2) is 0 Å². The van der Waals surface area contributed by atoms with Crippen molar-refractivity contribution in [2.24, 2.45) is 17.1 Å². The maximum Gasteiger partial charge on any atom is 0.223 e. The predicted molar refractivity (Wildman–Crippen MR) is 69.1 cm³/mol. The summed E-state index contributed by atoms with van der Waals surface area (Å²) in [6.07, 6.45) is 3.24. The smallest absolute Gasteiger partial charge is 0.223 e. The minimum absolute atomic E-state index is 0.00792. The van der Waals surface area contributed by atoms with Crippen molar-refractivity contribution in [1.82, 2.24) is 5.32 Å². The van der Waals surface area contributed by atoms with Crippen LogP contribution in [0, 0.1) is 11.3 Å². The van der Waals surface area contributed by atoms with Gasteiger partial charge in [0.25, 0.3) is 0 Å². The zero-order valence-electron chi connectivity index (χ0n) is 11.5. The molecule has 0 heterocycles. The predicted octanol–water partition coefficient (Wildman–Crippen LogP) is 2.30. The summed E-state index contributed by atoms with van der Waals surface area (Å²) in [6, 6.07) is 0.136. The summed E-state index contributed by atoms with van der Waals surface area (Å²) in [4.78, 5) is 12.0. The molecule has 0 aromatic carbocycles. The van der Waals surface area contributed by atoms with Gasteiger partial charge in [-0.3, -0.25) is 4.79 Å². The van der Waals surface area contributed by atoms with Crippen molar-refractivity contribution in [2.75, 3.05) is 6.54 Å². The minimum atomic E-state index is 0.00792. The van der Waals surface area contributed by atoms with Crippen LogP contribution < -0.4 is 11.1 Å². The van der Waals surface area contributed by atoms with Crippen molar-refractivity contribution in [1.29, 1.82) is 0 Å². The molecule has 0 bridgehead atoms. The van der Waals surface area contributed by atoms with Gasteiger partial charge in [-0.25, -0.2) is 0 Å². The Labute approximate surface area is 100 Å². The third kappa shape index (κ3) is 5.50. The molecule has 2 atom stereocenters. The van der Waals surface area contributed by atoms with Crippen LogP contribution in [0.4, 0.5) is 0 Å². The van der Waals surface area contributed by atoms with E-state index in [0.717, 1.165) is 19.3 Å². The molecule has 1 amide bonds. The van der Waals surface area contributed by atoms with Crippen LogP contribution in [0.2, 0.25) is 0 Å². The van der Waals surface area contributed by atoms with E-state index in [1.807, 2.05) is 6.92 Å². The van der Waals surface area contributed by atoms with E-state index in [-0.39, 0.29) is 23.3 Å². The van der Waals surface area contributed by atoms with Crippen LogP contribution in [0.25, 0.3) is 0 Å². The fourth-order valence-corrected chi connectivity index (χ4v) is 1.42. The van der Waals surface area contributed by atoms with Gasteiger partial charge in [0.1, 0.15) is 0 Å². The lowest BCUT2D eigenvalue weighted by atomic mass is 9.81. The van der Waals surface area contributed by atoms with E-state index in [1.54, 1.807) is 0 Å². The van der Waals surface area contributed by atoms with Gasteiger partial charge in [-0.15, -0.1) is 0 Å². The monoisotopic (exact) mass is 228 g/mol. The quantitative estimate of drug-likeness (QED) is 0.733. The van der Waals surface area contributed by atoms with Gasteiger partial charge in [0.2, 0.25) is 5.91 Å². The Morgan fingerprint density at radius 2 is 1.94 bits per heavy atom. The minimum Gasteiger partial charge on any atom is -0.352 e. The van der Waals surface area contributed by atoms with Crippen LogP contribution in [0.5, 0.6) is 0 Å². The van der Waals surface area contributed by atoms with Crippen LogP contribution in [0.15, 0.2) is 0 Å². The molecule has 0 aliphatic rings. The maximum atomic E-state index is 12.0. The molecule has 0 saturated heterocycles. The Morgan fingerprint density at radius 1 is 1.38 bits per heavy atom. The highest BCUT2D eigenvalue weighted by Gasteiger charge is 2.27. The van der Waals surface area contributed by atoms with Gasteiger partial charge in [-0.2, -0.15) is 0 Å². The third-order valence-electron chi connectivity index (χ3n) is 3.23. The average Bonchev–Trinajstić information content (AvgIpc) is 2.21. The Morgan fingerprint density at radius 3 is 2.31 bits per heavy atom.